The Labute approximate surface area is 120 Å². The summed E-state index contributed by atoms with van der Waals surface area (Å²) in [6.07, 6.45) is 0. The van der Waals surface area contributed by atoms with Crippen LogP contribution < -0.4 is 10.5 Å². The minimum Gasteiger partial charge on any atom is -0.478 e. The molecule has 0 radical (unpaired) electrons. The zero-order valence-corrected chi connectivity index (χ0v) is 11.4. The minimum atomic E-state index is -1.30. The molecule has 0 aliphatic rings. The predicted octanol–water partition coefficient (Wildman–Crippen LogP) is 3.80. The first-order valence-corrected chi connectivity index (χ1v) is 6.13. The van der Waals surface area contributed by atoms with Crippen LogP contribution in [-0.2, 0) is 0 Å². The summed E-state index contributed by atoms with van der Waals surface area (Å²) < 4.78 is 32.1. The number of nitrogen functional groups attached to an aromatic ring is 1. The Morgan fingerprint density at radius 3 is 2.50 bits per heavy atom. The molecular formula is C13H8BrF2NO3. The van der Waals surface area contributed by atoms with E-state index < -0.39 is 17.6 Å². The number of carboxylic acid groups (broad SMARTS) is 1. The number of hydrogen-bond acceptors (Lipinski definition) is 3. The molecular weight excluding hydrogens is 336 g/mol. The minimum absolute atomic E-state index is 0.143. The highest BCUT2D eigenvalue weighted by Crippen LogP contribution is 2.30. The summed E-state index contributed by atoms with van der Waals surface area (Å²) in [5.41, 5.74) is 4.91. The quantitative estimate of drug-likeness (QED) is 0.831. The SMILES string of the molecule is Nc1cc(F)c(Oc2ccc(F)c(Br)c2)cc1C(=O)O. The molecule has 0 saturated carbocycles. The standard InChI is InChI=1S/C13H8BrF2NO3/c14-8-3-6(1-2-9(8)15)20-12-4-7(13(18)19)11(17)5-10(12)16/h1-5H,17H2,(H,18,19). The number of halogens is 3. The number of carbonyl (C=O) groups is 1. The van der Waals surface area contributed by atoms with Crippen LogP contribution in [0.2, 0.25) is 0 Å². The summed E-state index contributed by atoms with van der Waals surface area (Å²) in [4.78, 5) is 10.9. The van der Waals surface area contributed by atoms with E-state index in [9.17, 15) is 13.6 Å². The molecule has 3 N–H and O–H groups in total. The highest BCUT2D eigenvalue weighted by atomic mass is 79.9. The Morgan fingerprint density at radius 1 is 1.20 bits per heavy atom. The van der Waals surface area contributed by atoms with Gasteiger partial charge in [0.1, 0.15) is 11.6 Å². The first-order valence-electron chi connectivity index (χ1n) is 5.33. The lowest BCUT2D eigenvalue weighted by Crippen LogP contribution is -2.04. The second-order valence-corrected chi connectivity index (χ2v) is 4.71. The van der Waals surface area contributed by atoms with E-state index in [0.717, 1.165) is 18.2 Å². The number of carboxylic acids is 1. The molecule has 0 atom stereocenters. The van der Waals surface area contributed by atoms with Crippen molar-refractivity contribution in [3.63, 3.8) is 0 Å². The van der Waals surface area contributed by atoms with E-state index in [0.29, 0.717) is 0 Å². The molecule has 2 aromatic carbocycles. The molecule has 0 aliphatic heterocycles. The molecule has 0 unspecified atom stereocenters. The van der Waals surface area contributed by atoms with Gasteiger partial charge >= 0.3 is 5.97 Å². The highest BCUT2D eigenvalue weighted by molar-refractivity contribution is 9.10. The molecule has 0 amide bonds. The van der Waals surface area contributed by atoms with Crippen LogP contribution in [-0.4, -0.2) is 11.1 Å². The maximum atomic E-state index is 13.7. The van der Waals surface area contributed by atoms with Crippen LogP contribution in [0.3, 0.4) is 0 Å². The van der Waals surface area contributed by atoms with E-state index in [4.69, 9.17) is 15.6 Å². The van der Waals surface area contributed by atoms with Crippen molar-refractivity contribution in [2.24, 2.45) is 0 Å². The van der Waals surface area contributed by atoms with Crippen molar-refractivity contribution in [3.05, 3.63) is 52.0 Å². The van der Waals surface area contributed by atoms with E-state index in [1.54, 1.807) is 0 Å². The van der Waals surface area contributed by atoms with Crippen LogP contribution in [0.25, 0.3) is 0 Å². The van der Waals surface area contributed by atoms with Gasteiger partial charge in [0.25, 0.3) is 0 Å². The maximum Gasteiger partial charge on any atom is 0.337 e. The molecule has 0 heterocycles. The molecule has 0 fully saturated rings. The second kappa shape index (κ2) is 5.46. The summed E-state index contributed by atoms with van der Waals surface area (Å²) in [5.74, 6) is -2.77. The van der Waals surface area contributed by atoms with Gasteiger partial charge in [-0.15, -0.1) is 0 Å². The number of anilines is 1. The third-order valence-electron chi connectivity index (χ3n) is 2.45. The molecule has 2 aromatic rings. The van der Waals surface area contributed by atoms with Gasteiger partial charge in [0.2, 0.25) is 0 Å². The zero-order chi connectivity index (χ0) is 14.9. The van der Waals surface area contributed by atoms with E-state index in [1.165, 1.54) is 12.1 Å². The topological polar surface area (TPSA) is 72.5 Å². The van der Waals surface area contributed by atoms with Crippen molar-refractivity contribution in [2.75, 3.05) is 5.73 Å². The van der Waals surface area contributed by atoms with E-state index >= 15 is 0 Å². The van der Waals surface area contributed by atoms with Crippen LogP contribution in [0.1, 0.15) is 10.4 Å². The lowest BCUT2D eigenvalue weighted by molar-refractivity contribution is 0.0697. The first-order chi connectivity index (χ1) is 9.38. The van der Waals surface area contributed by atoms with E-state index in [2.05, 4.69) is 15.9 Å². The summed E-state index contributed by atoms with van der Waals surface area (Å²) in [6.45, 7) is 0. The van der Waals surface area contributed by atoms with Gasteiger partial charge in [-0.25, -0.2) is 13.6 Å². The number of aromatic carboxylic acids is 1. The third kappa shape index (κ3) is 2.88. The number of benzene rings is 2. The van der Waals surface area contributed by atoms with Crippen molar-refractivity contribution in [1.82, 2.24) is 0 Å². The predicted molar refractivity (Wildman–Crippen MR) is 71.9 cm³/mol. The summed E-state index contributed by atoms with van der Waals surface area (Å²) in [6, 6.07) is 5.55. The first kappa shape index (κ1) is 14.3. The number of hydrogen-bond donors (Lipinski definition) is 2. The van der Waals surface area contributed by atoms with Crippen molar-refractivity contribution >= 4 is 27.6 Å². The fourth-order valence-electron chi connectivity index (χ4n) is 1.50. The van der Waals surface area contributed by atoms with Crippen molar-refractivity contribution in [2.45, 2.75) is 0 Å². The molecule has 20 heavy (non-hydrogen) atoms. The van der Waals surface area contributed by atoms with Gasteiger partial charge in [-0.1, -0.05) is 0 Å². The summed E-state index contributed by atoms with van der Waals surface area (Å²) in [7, 11) is 0. The molecule has 2 rings (SSSR count). The normalized spacial score (nSPS) is 10.3. The van der Waals surface area contributed by atoms with E-state index in [-0.39, 0.29) is 27.2 Å². The van der Waals surface area contributed by atoms with Crippen LogP contribution in [0, 0.1) is 11.6 Å². The third-order valence-corrected chi connectivity index (χ3v) is 3.06. The largest absolute Gasteiger partial charge is 0.478 e. The molecule has 0 bridgehead atoms. The van der Waals surface area contributed by atoms with Gasteiger partial charge in [-0.2, -0.15) is 0 Å². The molecule has 0 aliphatic carbocycles. The fraction of sp³-hybridized carbons (Fsp3) is 0. The lowest BCUT2D eigenvalue weighted by atomic mass is 10.1. The van der Waals surface area contributed by atoms with Gasteiger partial charge < -0.3 is 15.6 Å². The monoisotopic (exact) mass is 343 g/mol. The smallest absolute Gasteiger partial charge is 0.337 e. The molecule has 104 valence electrons. The average Bonchev–Trinajstić information content (AvgIpc) is 2.36. The fourth-order valence-corrected chi connectivity index (χ4v) is 1.86. The maximum absolute atomic E-state index is 13.7. The average molecular weight is 344 g/mol. The number of rotatable bonds is 3. The lowest BCUT2D eigenvalue weighted by Gasteiger charge is -2.10. The summed E-state index contributed by atoms with van der Waals surface area (Å²) in [5, 5.41) is 8.91. The van der Waals surface area contributed by atoms with Crippen molar-refractivity contribution < 1.29 is 23.4 Å². The Bertz CT molecular complexity index is 692. The van der Waals surface area contributed by atoms with Crippen molar-refractivity contribution in [3.8, 4) is 11.5 Å². The molecule has 0 saturated heterocycles. The second-order valence-electron chi connectivity index (χ2n) is 3.85. The van der Waals surface area contributed by atoms with Crippen LogP contribution in [0.15, 0.2) is 34.8 Å². The van der Waals surface area contributed by atoms with Gasteiger partial charge in [-0.05, 0) is 34.1 Å². The van der Waals surface area contributed by atoms with Crippen molar-refractivity contribution in [1.29, 1.82) is 0 Å². The Morgan fingerprint density at radius 2 is 1.90 bits per heavy atom. The number of nitrogens with two attached hydrogens (primary N) is 1. The van der Waals surface area contributed by atoms with Gasteiger partial charge in [0.05, 0.1) is 10.0 Å². The molecule has 7 heteroatoms. The molecule has 4 nitrogen and oxygen atoms in total. The van der Waals surface area contributed by atoms with Gasteiger partial charge in [-0.3, -0.25) is 0 Å². The van der Waals surface area contributed by atoms with Gasteiger partial charge in [0, 0.05) is 17.8 Å². The van der Waals surface area contributed by atoms with E-state index in [1.807, 2.05) is 0 Å². The zero-order valence-electron chi connectivity index (χ0n) is 9.86. The Kier molecular flexibility index (Phi) is 3.89. The van der Waals surface area contributed by atoms with Crippen LogP contribution >= 0.6 is 15.9 Å². The highest BCUT2D eigenvalue weighted by Gasteiger charge is 2.15. The Hall–Kier alpha value is -2.15. The number of ether oxygens (including phenoxy) is 1. The van der Waals surface area contributed by atoms with Gasteiger partial charge in [0.15, 0.2) is 11.6 Å². The Balaban J connectivity index is 2.40. The van der Waals surface area contributed by atoms with Crippen LogP contribution in [0.5, 0.6) is 11.5 Å². The summed E-state index contributed by atoms with van der Waals surface area (Å²) >= 11 is 2.96. The molecule has 0 spiro atoms. The molecule has 0 aromatic heterocycles. The van der Waals surface area contributed by atoms with Crippen LogP contribution in [0.4, 0.5) is 14.5 Å².